The predicted molar refractivity (Wildman–Crippen MR) is 97.6 cm³/mol. The molecule has 5 nitrogen and oxygen atoms in total. The van der Waals surface area contributed by atoms with Crippen molar-refractivity contribution in [1.29, 1.82) is 0 Å². The monoisotopic (exact) mass is 339 g/mol. The maximum Gasteiger partial charge on any atom is 0.336 e. The minimum atomic E-state index is -0.934. The Labute approximate surface area is 148 Å². The van der Waals surface area contributed by atoms with Crippen molar-refractivity contribution in [3.8, 4) is 11.3 Å². The molecule has 3 rings (SSSR count). The van der Waals surface area contributed by atoms with E-state index in [1.807, 2.05) is 12.1 Å². The highest BCUT2D eigenvalue weighted by Crippen LogP contribution is 2.28. The quantitative estimate of drug-likeness (QED) is 0.903. The highest BCUT2D eigenvalue weighted by molar-refractivity contribution is 5.95. The second-order valence-corrected chi connectivity index (χ2v) is 7.00. The third-order valence-corrected chi connectivity index (χ3v) is 4.95. The van der Waals surface area contributed by atoms with E-state index in [0.29, 0.717) is 23.2 Å². The zero-order chi connectivity index (χ0) is 17.8. The van der Waals surface area contributed by atoms with Crippen molar-refractivity contribution in [2.45, 2.75) is 39.2 Å². The summed E-state index contributed by atoms with van der Waals surface area (Å²) in [6.45, 7) is 6.69. The van der Waals surface area contributed by atoms with E-state index in [1.54, 1.807) is 24.5 Å². The van der Waals surface area contributed by atoms with Crippen molar-refractivity contribution in [3.05, 3.63) is 47.9 Å². The van der Waals surface area contributed by atoms with Gasteiger partial charge in [0.05, 0.1) is 17.0 Å². The molecule has 0 saturated carbocycles. The van der Waals surface area contributed by atoms with Gasteiger partial charge in [-0.2, -0.15) is 0 Å². The number of carboxylic acid groups (broad SMARTS) is 1. The molecule has 1 atom stereocenters. The molecule has 0 bridgehead atoms. The van der Waals surface area contributed by atoms with Gasteiger partial charge in [-0.15, -0.1) is 0 Å². The Morgan fingerprint density at radius 1 is 1.28 bits per heavy atom. The molecule has 0 aliphatic carbocycles. The van der Waals surface area contributed by atoms with Crippen LogP contribution in [-0.4, -0.2) is 45.1 Å². The van der Waals surface area contributed by atoms with E-state index in [1.165, 1.54) is 12.8 Å². The molecule has 1 N–H and O–H groups in total. The molecule has 132 valence electrons. The molecule has 1 aliphatic rings. The summed E-state index contributed by atoms with van der Waals surface area (Å²) < 4.78 is 0. The van der Waals surface area contributed by atoms with E-state index >= 15 is 0 Å². The summed E-state index contributed by atoms with van der Waals surface area (Å²) in [5.74, 6) is -0.403. The molecule has 1 unspecified atom stereocenters. The number of carboxylic acids is 1. The Hall–Kier alpha value is -2.27. The molecule has 2 aromatic rings. The van der Waals surface area contributed by atoms with Gasteiger partial charge >= 0.3 is 5.97 Å². The fraction of sp³-hybridized carbons (Fsp3) is 0.450. The summed E-state index contributed by atoms with van der Waals surface area (Å²) in [4.78, 5) is 23.1. The summed E-state index contributed by atoms with van der Waals surface area (Å²) in [6, 6.07) is 7.58. The molecule has 1 fully saturated rings. The lowest BCUT2D eigenvalue weighted by molar-refractivity contribution is 0.0697. The molecule has 25 heavy (non-hydrogen) atoms. The van der Waals surface area contributed by atoms with Crippen LogP contribution in [0.4, 0.5) is 0 Å². The molecular formula is C20H25N3O2. The summed E-state index contributed by atoms with van der Waals surface area (Å²) in [5.41, 5.74) is 2.51. The molecule has 2 heterocycles. The maximum atomic E-state index is 11.6. The van der Waals surface area contributed by atoms with Crippen LogP contribution in [0.5, 0.6) is 0 Å². The first-order valence-electron chi connectivity index (χ1n) is 8.93. The number of rotatable bonds is 5. The number of aromatic nitrogens is 2. The average Bonchev–Trinajstić information content (AvgIpc) is 2.62. The third-order valence-electron chi connectivity index (χ3n) is 4.95. The number of hydrogen-bond donors (Lipinski definition) is 1. The van der Waals surface area contributed by atoms with E-state index in [9.17, 15) is 9.90 Å². The minimum Gasteiger partial charge on any atom is -0.478 e. The van der Waals surface area contributed by atoms with Crippen LogP contribution >= 0.6 is 0 Å². The van der Waals surface area contributed by atoms with Crippen LogP contribution in [0, 0.1) is 5.92 Å². The second kappa shape index (κ2) is 7.74. The van der Waals surface area contributed by atoms with E-state index in [4.69, 9.17) is 0 Å². The lowest BCUT2D eigenvalue weighted by Crippen LogP contribution is -2.40. The van der Waals surface area contributed by atoms with Crippen LogP contribution in [-0.2, 0) is 6.42 Å². The van der Waals surface area contributed by atoms with Gasteiger partial charge in [0.2, 0.25) is 0 Å². The fourth-order valence-electron chi connectivity index (χ4n) is 3.62. The Bertz CT molecular complexity index is 745. The highest BCUT2D eigenvalue weighted by atomic mass is 16.4. The van der Waals surface area contributed by atoms with Crippen LogP contribution in [0.25, 0.3) is 11.3 Å². The zero-order valence-electron chi connectivity index (χ0n) is 14.9. The predicted octanol–water partition coefficient (Wildman–Crippen LogP) is 3.50. The highest BCUT2D eigenvalue weighted by Gasteiger charge is 2.24. The number of carbonyl (C=O) groups is 1. The first-order valence-corrected chi connectivity index (χ1v) is 8.93. The zero-order valence-corrected chi connectivity index (χ0v) is 14.9. The number of hydrogen-bond acceptors (Lipinski definition) is 4. The van der Waals surface area contributed by atoms with Gasteiger partial charge in [-0.25, -0.2) is 4.79 Å². The first kappa shape index (κ1) is 17.5. The molecule has 5 heteroatoms. The van der Waals surface area contributed by atoms with Crippen molar-refractivity contribution < 1.29 is 9.90 Å². The first-order chi connectivity index (χ1) is 12.1. The van der Waals surface area contributed by atoms with E-state index in [0.717, 1.165) is 25.2 Å². The Kier molecular flexibility index (Phi) is 5.43. The molecule has 0 radical (unpaired) electrons. The van der Waals surface area contributed by atoms with Gasteiger partial charge in [0.25, 0.3) is 0 Å². The van der Waals surface area contributed by atoms with Gasteiger partial charge in [0, 0.05) is 30.5 Å². The number of piperidine rings is 1. The largest absolute Gasteiger partial charge is 0.478 e. The molecule has 0 amide bonds. The van der Waals surface area contributed by atoms with Crippen LogP contribution in [0.3, 0.4) is 0 Å². The van der Waals surface area contributed by atoms with Gasteiger partial charge < -0.3 is 10.0 Å². The molecule has 1 aliphatic heterocycles. The maximum absolute atomic E-state index is 11.6. The third kappa shape index (κ3) is 4.04. The van der Waals surface area contributed by atoms with Crippen LogP contribution < -0.4 is 0 Å². The molecule has 0 spiro atoms. The normalized spacial score (nSPS) is 18.4. The second-order valence-electron chi connectivity index (χ2n) is 7.00. The van der Waals surface area contributed by atoms with E-state index in [2.05, 4.69) is 28.7 Å². The Morgan fingerprint density at radius 2 is 2.04 bits per heavy atom. The summed E-state index contributed by atoms with van der Waals surface area (Å²) in [6.07, 6.45) is 6.55. The number of nitrogens with zero attached hydrogens (tertiary/aromatic N) is 3. The SMILES string of the molecule is CC(C)N1CCCC(Cc2nccnc2-c2ccccc2C(=O)O)C1. The number of aromatic carboxylic acids is 1. The van der Waals surface area contributed by atoms with Gasteiger partial charge in [-0.05, 0) is 51.6 Å². The molecule has 1 aromatic carbocycles. The smallest absolute Gasteiger partial charge is 0.336 e. The topological polar surface area (TPSA) is 66.3 Å². The number of benzene rings is 1. The summed E-state index contributed by atoms with van der Waals surface area (Å²) in [5, 5.41) is 9.48. The molecule has 1 saturated heterocycles. The van der Waals surface area contributed by atoms with Crippen molar-refractivity contribution in [2.24, 2.45) is 5.92 Å². The minimum absolute atomic E-state index is 0.275. The average molecular weight is 339 g/mol. The van der Waals surface area contributed by atoms with Crippen molar-refractivity contribution in [3.63, 3.8) is 0 Å². The summed E-state index contributed by atoms with van der Waals surface area (Å²) >= 11 is 0. The van der Waals surface area contributed by atoms with Gasteiger partial charge in [0.1, 0.15) is 0 Å². The van der Waals surface area contributed by atoms with Crippen LogP contribution in [0.1, 0.15) is 42.7 Å². The standard InChI is InChI=1S/C20H25N3O2/c1-14(2)23-11-5-6-15(13-23)12-18-19(22-10-9-21-18)16-7-3-4-8-17(16)20(24)25/h3-4,7-10,14-15H,5-6,11-13H2,1-2H3,(H,24,25). The number of likely N-dealkylation sites (tertiary alicyclic amines) is 1. The lowest BCUT2D eigenvalue weighted by Gasteiger charge is -2.35. The van der Waals surface area contributed by atoms with Gasteiger partial charge in [-0.3, -0.25) is 9.97 Å². The Balaban J connectivity index is 1.89. The van der Waals surface area contributed by atoms with Gasteiger partial charge in [0.15, 0.2) is 0 Å². The van der Waals surface area contributed by atoms with E-state index in [-0.39, 0.29) is 5.56 Å². The van der Waals surface area contributed by atoms with Crippen LogP contribution in [0.15, 0.2) is 36.7 Å². The van der Waals surface area contributed by atoms with Crippen molar-refractivity contribution in [1.82, 2.24) is 14.9 Å². The molecular weight excluding hydrogens is 314 g/mol. The molecule has 1 aromatic heterocycles. The van der Waals surface area contributed by atoms with Gasteiger partial charge in [-0.1, -0.05) is 18.2 Å². The van der Waals surface area contributed by atoms with Crippen molar-refractivity contribution >= 4 is 5.97 Å². The van der Waals surface area contributed by atoms with E-state index < -0.39 is 5.97 Å². The Morgan fingerprint density at radius 3 is 2.80 bits per heavy atom. The van der Waals surface area contributed by atoms with Crippen LogP contribution in [0.2, 0.25) is 0 Å². The van der Waals surface area contributed by atoms with Crippen molar-refractivity contribution in [2.75, 3.05) is 13.1 Å². The fourth-order valence-corrected chi connectivity index (χ4v) is 3.62. The summed E-state index contributed by atoms with van der Waals surface area (Å²) in [7, 11) is 0. The lowest BCUT2D eigenvalue weighted by atomic mass is 9.90.